The van der Waals surface area contributed by atoms with E-state index < -0.39 is 11.7 Å². The number of aromatic nitrogens is 1. The van der Waals surface area contributed by atoms with Gasteiger partial charge in [-0.3, -0.25) is 9.36 Å². The molecular formula is C23H22F3N3O2. The van der Waals surface area contributed by atoms with E-state index >= 15 is 0 Å². The quantitative estimate of drug-likeness (QED) is 0.445. The highest BCUT2D eigenvalue weighted by Gasteiger charge is 2.32. The second-order valence-electron chi connectivity index (χ2n) is 7.86. The van der Waals surface area contributed by atoms with E-state index in [0.29, 0.717) is 35.3 Å². The second kappa shape index (κ2) is 7.76. The van der Waals surface area contributed by atoms with Crippen molar-refractivity contribution in [3.05, 3.63) is 59.2 Å². The van der Waals surface area contributed by atoms with Crippen LogP contribution in [-0.2, 0) is 11.0 Å². The van der Waals surface area contributed by atoms with Gasteiger partial charge in [-0.15, -0.1) is 0 Å². The number of hydrogen-bond acceptors (Lipinski definition) is 4. The number of alkyl halides is 3. The monoisotopic (exact) mass is 429 g/mol. The van der Waals surface area contributed by atoms with Gasteiger partial charge < -0.3 is 10.5 Å². The molecule has 1 aromatic heterocycles. The molecule has 162 valence electrons. The smallest absolute Gasteiger partial charge is 0.416 e. The summed E-state index contributed by atoms with van der Waals surface area (Å²) < 4.78 is 41.4. The number of ketones is 1. The van der Waals surface area contributed by atoms with Crippen molar-refractivity contribution in [2.75, 3.05) is 6.54 Å². The number of Topliss-reactive ketones (excluding diaryl/α,β-unsaturated/α-hetero) is 1. The zero-order valence-electron chi connectivity index (χ0n) is 17.1. The number of nitrogens with one attached hydrogen (secondary N) is 1. The number of carbonyl (C=O) groups excluding carboxylic acids is 1. The lowest BCUT2D eigenvalue weighted by Crippen LogP contribution is -2.33. The third kappa shape index (κ3) is 3.89. The molecule has 2 N–H and O–H groups in total. The molecule has 3 aromatic rings. The summed E-state index contributed by atoms with van der Waals surface area (Å²) >= 11 is 0. The van der Waals surface area contributed by atoms with Crippen LogP contribution in [0.25, 0.3) is 16.6 Å². The van der Waals surface area contributed by atoms with Crippen molar-refractivity contribution in [2.45, 2.75) is 32.9 Å². The van der Waals surface area contributed by atoms with Crippen molar-refractivity contribution in [3.8, 4) is 11.6 Å². The van der Waals surface area contributed by atoms with E-state index in [1.165, 1.54) is 10.6 Å². The number of carbonyl (C=O) groups is 1. The van der Waals surface area contributed by atoms with Crippen LogP contribution in [-0.4, -0.2) is 27.7 Å². The van der Waals surface area contributed by atoms with E-state index in [-0.39, 0.29) is 23.1 Å². The first-order valence-corrected chi connectivity index (χ1v) is 9.98. The molecular weight excluding hydrogens is 407 g/mol. The largest absolute Gasteiger partial charge is 0.494 e. The molecule has 8 heteroatoms. The fourth-order valence-corrected chi connectivity index (χ4v) is 3.78. The van der Waals surface area contributed by atoms with Crippen molar-refractivity contribution < 1.29 is 23.1 Å². The predicted octanol–water partition coefficient (Wildman–Crippen LogP) is 4.96. The Kier molecular flexibility index (Phi) is 5.24. The van der Waals surface area contributed by atoms with Crippen molar-refractivity contribution in [1.29, 1.82) is 0 Å². The Hall–Kier alpha value is -3.29. The van der Waals surface area contributed by atoms with E-state index in [1.54, 1.807) is 19.1 Å². The zero-order valence-corrected chi connectivity index (χ0v) is 17.1. The summed E-state index contributed by atoms with van der Waals surface area (Å²) in [5.74, 6) is -0.0619. The Balaban J connectivity index is 1.82. The Morgan fingerprint density at radius 1 is 1.23 bits per heavy atom. The van der Waals surface area contributed by atoms with Gasteiger partial charge in [0, 0.05) is 30.0 Å². The van der Waals surface area contributed by atoms with Crippen LogP contribution in [0.5, 0.6) is 5.88 Å². The molecule has 0 amide bonds. The summed E-state index contributed by atoms with van der Waals surface area (Å²) in [4.78, 5) is 11.5. The molecule has 1 aliphatic rings. The first kappa shape index (κ1) is 21.0. The molecule has 1 unspecified atom stereocenters. The molecule has 1 aliphatic carbocycles. The van der Waals surface area contributed by atoms with Crippen LogP contribution < -0.4 is 5.43 Å². The topological polar surface area (TPSA) is 66.6 Å². The number of halogens is 3. The molecule has 2 aromatic carbocycles. The summed E-state index contributed by atoms with van der Waals surface area (Å²) in [5.41, 5.74) is 4.59. The summed E-state index contributed by atoms with van der Waals surface area (Å²) in [7, 11) is 0. The maximum Gasteiger partial charge on any atom is 0.416 e. The molecule has 1 saturated carbocycles. The van der Waals surface area contributed by atoms with Gasteiger partial charge in [-0.05, 0) is 44.5 Å². The Labute approximate surface area is 177 Å². The first-order valence-electron chi connectivity index (χ1n) is 9.98. The normalized spacial score (nSPS) is 17.1. The van der Waals surface area contributed by atoms with Gasteiger partial charge >= 0.3 is 6.18 Å². The second-order valence-corrected chi connectivity index (χ2v) is 7.86. The van der Waals surface area contributed by atoms with Crippen molar-refractivity contribution in [1.82, 2.24) is 9.99 Å². The van der Waals surface area contributed by atoms with Crippen LogP contribution >= 0.6 is 0 Å². The third-order valence-electron chi connectivity index (χ3n) is 5.70. The number of rotatable bonds is 5. The van der Waals surface area contributed by atoms with Crippen molar-refractivity contribution >= 4 is 22.4 Å². The van der Waals surface area contributed by atoms with Gasteiger partial charge in [0.15, 0.2) is 0 Å². The zero-order chi connectivity index (χ0) is 22.3. The fourth-order valence-electron chi connectivity index (χ4n) is 3.78. The molecule has 4 rings (SSSR count). The van der Waals surface area contributed by atoms with Gasteiger partial charge in [0.05, 0.1) is 22.4 Å². The van der Waals surface area contributed by atoms with Gasteiger partial charge in [0.2, 0.25) is 5.88 Å². The molecule has 31 heavy (non-hydrogen) atoms. The number of hydrogen-bond donors (Lipinski definition) is 2. The van der Waals surface area contributed by atoms with Crippen LogP contribution in [0.1, 0.15) is 36.5 Å². The molecule has 0 spiro atoms. The molecule has 1 fully saturated rings. The minimum Gasteiger partial charge on any atom is -0.494 e. The van der Waals surface area contributed by atoms with Crippen LogP contribution in [0, 0.1) is 12.8 Å². The van der Waals surface area contributed by atoms with Gasteiger partial charge in [-0.1, -0.05) is 23.8 Å². The average Bonchev–Trinajstić information content (AvgIpc) is 3.01. The van der Waals surface area contributed by atoms with Crippen LogP contribution in [0.2, 0.25) is 0 Å². The number of fused-ring (bicyclic) bond motifs is 1. The van der Waals surface area contributed by atoms with Crippen LogP contribution in [0.4, 0.5) is 13.2 Å². The lowest BCUT2D eigenvalue weighted by molar-refractivity contribution is -0.137. The predicted molar refractivity (Wildman–Crippen MR) is 113 cm³/mol. The maximum absolute atomic E-state index is 13.3. The lowest BCUT2D eigenvalue weighted by atomic mass is 9.84. The summed E-state index contributed by atoms with van der Waals surface area (Å²) in [6, 6.07) is 10.5. The Morgan fingerprint density at radius 2 is 1.94 bits per heavy atom. The molecule has 0 bridgehead atoms. The van der Waals surface area contributed by atoms with Gasteiger partial charge in [0.1, 0.15) is 5.78 Å². The number of benzene rings is 2. The lowest BCUT2D eigenvalue weighted by Gasteiger charge is -2.23. The Morgan fingerprint density at radius 3 is 2.52 bits per heavy atom. The minimum atomic E-state index is -4.51. The van der Waals surface area contributed by atoms with E-state index in [2.05, 4.69) is 10.5 Å². The summed E-state index contributed by atoms with van der Waals surface area (Å²) in [5, 5.41) is 15.8. The van der Waals surface area contributed by atoms with Crippen LogP contribution in [0.15, 0.2) is 47.6 Å². The Bertz CT molecular complexity index is 1180. The highest BCUT2D eigenvalue weighted by molar-refractivity contribution is 6.12. The number of aryl methyl sites for hydroxylation is 1. The number of hydrazone groups is 1. The van der Waals surface area contributed by atoms with Crippen molar-refractivity contribution in [2.24, 2.45) is 11.0 Å². The molecule has 1 heterocycles. The van der Waals surface area contributed by atoms with E-state index in [9.17, 15) is 23.1 Å². The van der Waals surface area contributed by atoms with E-state index in [0.717, 1.165) is 24.1 Å². The van der Waals surface area contributed by atoms with E-state index in [1.807, 2.05) is 19.1 Å². The molecule has 0 radical (unpaired) electrons. The molecule has 0 aliphatic heterocycles. The maximum atomic E-state index is 13.3. The number of aromatic hydroxyl groups is 1. The first-order chi connectivity index (χ1) is 14.7. The molecule has 1 atom stereocenters. The van der Waals surface area contributed by atoms with Gasteiger partial charge in [-0.2, -0.15) is 18.3 Å². The number of nitrogens with zero attached hydrogens (tertiary/aromatic N) is 2. The summed E-state index contributed by atoms with van der Waals surface area (Å²) in [6.07, 6.45) is -3.10. The van der Waals surface area contributed by atoms with Gasteiger partial charge in [0.25, 0.3) is 0 Å². The SMILES string of the molecule is CC(=NNCC1CCC1=O)c1c(O)n(-c2ccc(C)cc2)c2cc(C(F)(F)F)ccc12. The minimum absolute atomic E-state index is 0.0617. The van der Waals surface area contributed by atoms with Crippen molar-refractivity contribution in [3.63, 3.8) is 0 Å². The summed E-state index contributed by atoms with van der Waals surface area (Å²) in [6.45, 7) is 3.97. The van der Waals surface area contributed by atoms with Gasteiger partial charge in [-0.25, -0.2) is 0 Å². The third-order valence-corrected chi connectivity index (χ3v) is 5.70. The average molecular weight is 429 g/mol. The standard InChI is InChI=1S/C23H22F3N3O2/c1-13-3-7-17(8-4-13)29-19-11-16(23(24,25)26)6-9-18(19)21(22(29)31)14(2)28-27-12-15-5-10-20(15)30/h3-4,6-9,11,15,27,31H,5,10,12H2,1-2H3. The highest BCUT2D eigenvalue weighted by Crippen LogP contribution is 2.38. The molecule has 5 nitrogen and oxygen atoms in total. The molecule has 0 saturated heterocycles. The highest BCUT2D eigenvalue weighted by atomic mass is 19.4. The van der Waals surface area contributed by atoms with Crippen LogP contribution in [0.3, 0.4) is 0 Å². The fraction of sp³-hybridized carbons (Fsp3) is 0.304. The van der Waals surface area contributed by atoms with E-state index in [4.69, 9.17) is 0 Å².